The fraction of sp³-hybridized carbons (Fsp3) is 0.314. The third-order valence-electron chi connectivity index (χ3n) is 9.25. The first kappa shape index (κ1) is 27.4. The van der Waals surface area contributed by atoms with Crippen LogP contribution < -0.4 is 14.2 Å². The minimum atomic E-state index is -0.269. The van der Waals surface area contributed by atoms with E-state index in [0.717, 1.165) is 48.2 Å². The number of rotatable bonds is 1. The van der Waals surface area contributed by atoms with Crippen molar-refractivity contribution in [2.24, 2.45) is 0 Å². The zero-order chi connectivity index (χ0) is 29.8. The number of nitrogens with zero attached hydrogens (tertiary/aromatic N) is 2. The van der Waals surface area contributed by atoms with E-state index >= 15 is 0 Å². The molecule has 43 heavy (non-hydrogen) atoms. The molecule has 0 spiro atoms. The van der Waals surface area contributed by atoms with Gasteiger partial charge >= 0.3 is 0 Å². The number of ether oxygens (including phenoxy) is 3. The van der Waals surface area contributed by atoms with E-state index < -0.39 is 0 Å². The molecule has 4 heterocycles. The van der Waals surface area contributed by atoms with Gasteiger partial charge in [0.05, 0.1) is 7.11 Å². The average molecular weight is 581 g/mol. The Morgan fingerprint density at radius 2 is 1.42 bits per heavy atom. The minimum Gasteiger partial charge on any atom is -0.504 e. The molecular formula is C35H36N2O6. The summed E-state index contributed by atoms with van der Waals surface area (Å²) in [6.45, 7) is 1.70. The molecule has 0 aromatic heterocycles. The molecule has 4 aromatic carbocycles. The van der Waals surface area contributed by atoms with Gasteiger partial charge in [-0.2, -0.15) is 0 Å². The Hall–Kier alpha value is -4.40. The minimum absolute atomic E-state index is 0.0372. The van der Waals surface area contributed by atoms with Gasteiger partial charge in [0.15, 0.2) is 34.5 Å². The van der Waals surface area contributed by atoms with Crippen LogP contribution in [0.25, 0.3) is 0 Å². The van der Waals surface area contributed by atoms with Gasteiger partial charge in [0.2, 0.25) is 5.75 Å². The number of benzene rings is 4. The van der Waals surface area contributed by atoms with Crippen molar-refractivity contribution in [3.05, 3.63) is 94.0 Å². The zero-order valence-electron chi connectivity index (χ0n) is 24.6. The lowest BCUT2D eigenvalue weighted by Crippen LogP contribution is -2.33. The van der Waals surface area contributed by atoms with Crippen LogP contribution in [0.4, 0.5) is 0 Å². The molecule has 4 aliphatic rings. The predicted molar refractivity (Wildman–Crippen MR) is 163 cm³/mol. The van der Waals surface area contributed by atoms with E-state index in [-0.39, 0.29) is 35.1 Å². The molecule has 222 valence electrons. The smallest absolute Gasteiger partial charge is 0.201 e. The first-order valence-electron chi connectivity index (χ1n) is 14.7. The number of likely N-dealkylation sites (N-methyl/N-ethyl adjacent to an activating group) is 2. The van der Waals surface area contributed by atoms with Gasteiger partial charge < -0.3 is 29.5 Å². The largest absolute Gasteiger partial charge is 0.504 e. The third kappa shape index (κ3) is 4.90. The summed E-state index contributed by atoms with van der Waals surface area (Å²) in [5.41, 5.74) is 6.26. The highest BCUT2D eigenvalue weighted by Gasteiger charge is 2.33. The van der Waals surface area contributed by atoms with E-state index in [1.54, 1.807) is 19.2 Å². The van der Waals surface area contributed by atoms with Crippen LogP contribution in [0.2, 0.25) is 0 Å². The van der Waals surface area contributed by atoms with E-state index in [0.29, 0.717) is 35.8 Å². The van der Waals surface area contributed by atoms with Crippen LogP contribution in [0.15, 0.2) is 60.7 Å². The quantitative estimate of drug-likeness (QED) is 0.228. The van der Waals surface area contributed by atoms with Crippen molar-refractivity contribution in [2.45, 2.75) is 37.8 Å². The van der Waals surface area contributed by atoms with Crippen LogP contribution >= 0.6 is 0 Å². The first-order chi connectivity index (χ1) is 20.8. The number of phenolic OH excluding ortho intramolecular Hbond substituents is 3. The van der Waals surface area contributed by atoms with Crippen LogP contribution in [0.3, 0.4) is 0 Å². The van der Waals surface area contributed by atoms with E-state index in [1.165, 1.54) is 11.1 Å². The van der Waals surface area contributed by atoms with Crippen molar-refractivity contribution in [3.8, 4) is 46.0 Å². The molecule has 0 aliphatic carbocycles. The summed E-state index contributed by atoms with van der Waals surface area (Å²) in [5.74, 6) is 1.96. The SMILES string of the molecule is COc1cc2c3cc1Oc1cc(ccc1O)C[C@@H]1c4c(cc(O)c(O)c4Oc4ccc(cc4)C[C@H]3N(C)CC2)CCN1C. The van der Waals surface area contributed by atoms with Crippen LogP contribution in [-0.2, 0) is 25.7 Å². The van der Waals surface area contributed by atoms with Gasteiger partial charge in [-0.15, -0.1) is 0 Å². The predicted octanol–water partition coefficient (Wildman–Crippen LogP) is 6.25. The van der Waals surface area contributed by atoms with Crippen LogP contribution in [0.5, 0.6) is 46.0 Å². The van der Waals surface area contributed by atoms with Crippen molar-refractivity contribution in [2.75, 3.05) is 34.3 Å². The molecule has 3 N–H and O–H groups in total. The summed E-state index contributed by atoms with van der Waals surface area (Å²) in [4.78, 5) is 4.58. The molecule has 6 bridgehead atoms. The molecular weight excluding hydrogens is 544 g/mol. The Balaban J connectivity index is 1.41. The monoisotopic (exact) mass is 580 g/mol. The highest BCUT2D eigenvalue weighted by Crippen LogP contribution is 2.49. The Labute approximate surface area is 251 Å². The number of methoxy groups -OCH3 is 1. The fourth-order valence-electron chi connectivity index (χ4n) is 6.79. The molecule has 0 amide bonds. The van der Waals surface area contributed by atoms with Gasteiger partial charge in [-0.25, -0.2) is 0 Å². The van der Waals surface area contributed by atoms with Gasteiger partial charge in [-0.1, -0.05) is 18.2 Å². The Bertz CT molecular complexity index is 1700. The molecule has 8 heteroatoms. The van der Waals surface area contributed by atoms with Gasteiger partial charge in [0, 0.05) is 30.7 Å². The van der Waals surface area contributed by atoms with Gasteiger partial charge in [-0.05, 0) is 110 Å². The Morgan fingerprint density at radius 3 is 2.19 bits per heavy atom. The van der Waals surface area contributed by atoms with E-state index in [2.05, 4.69) is 41.1 Å². The molecule has 8 rings (SSSR count). The molecule has 0 radical (unpaired) electrons. The van der Waals surface area contributed by atoms with Gasteiger partial charge in [0.1, 0.15) is 5.75 Å². The van der Waals surface area contributed by atoms with Crippen molar-refractivity contribution in [3.63, 3.8) is 0 Å². The molecule has 0 saturated heterocycles. The summed E-state index contributed by atoms with van der Waals surface area (Å²) in [7, 11) is 5.82. The molecule has 4 aromatic rings. The summed E-state index contributed by atoms with van der Waals surface area (Å²) >= 11 is 0. The standard InChI is InChI=1S/C35H36N2O6/c1-36-12-10-22-18-31(41-3)32-19-25(22)26(36)14-20-4-7-24(8-5-20)42-35-33-23(17-29(39)34(35)40)11-13-37(2)27(33)15-21-6-9-28(38)30(16-21)43-32/h4-9,16-19,26-27,38-40H,10-15H2,1-3H3/t26-,27-/m1/s1. The molecule has 2 atom stereocenters. The maximum absolute atomic E-state index is 11.1. The second-order valence-electron chi connectivity index (χ2n) is 11.9. The molecule has 0 saturated carbocycles. The van der Waals surface area contributed by atoms with Gasteiger partial charge in [-0.3, -0.25) is 9.80 Å². The van der Waals surface area contributed by atoms with E-state index in [1.807, 2.05) is 31.3 Å². The molecule has 4 aliphatic heterocycles. The van der Waals surface area contributed by atoms with E-state index in [4.69, 9.17) is 14.2 Å². The Morgan fingerprint density at radius 1 is 0.721 bits per heavy atom. The first-order valence-corrected chi connectivity index (χ1v) is 14.7. The summed E-state index contributed by atoms with van der Waals surface area (Å²) < 4.78 is 18.6. The number of fused-ring (bicyclic) bond motifs is 2. The fourth-order valence-corrected chi connectivity index (χ4v) is 6.79. The molecule has 0 unspecified atom stereocenters. The highest BCUT2D eigenvalue weighted by atomic mass is 16.5. The van der Waals surface area contributed by atoms with Crippen molar-refractivity contribution in [1.29, 1.82) is 0 Å². The summed E-state index contributed by atoms with van der Waals surface area (Å²) in [6.07, 6.45) is 2.95. The number of aromatic hydroxyl groups is 3. The van der Waals surface area contributed by atoms with Crippen LogP contribution in [-0.4, -0.2) is 59.4 Å². The second kappa shape index (κ2) is 10.7. The average Bonchev–Trinajstić information content (AvgIpc) is 3.00. The lowest BCUT2D eigenvalue weighted by Gasteiger charge is -2.36. The molecule has 0 fully saturated rings. The van der Waals surface area contributed by atoms with E-state index in [9.17, 15) is 15.3 Å². The topological polar surface area (TPSA) is 94.9 Å². The normalized spacial score (nSPS) is 19.9. The summed E-state index contributed by atoms with van der Waals surface area (Å²) in [6, 6.07) is 19.1. The third-order valence-corrected chi connectivity index (χ3v) is 9.25. The van der Waals surface area contributed by atoms with Crippen LogP contribution in [0, 0.1) is 0 Å². The maximum Gasteiger partial charge on any atom is 0.201 e. The lowest BCUT2D eigenvalue weighted by atomic mass is 9.87. The lowest BCUT2D eigenvalue weighted by molar-refractivity contribution is 0.222. The van der Waals surface area contributed by atoms with Crippen molar-refractivity contribution < 1.29 is 29.5 Å². The maximum atomic E-state index is 11.1. The highest BCUT2D eigenvalue weighted by molar-refractivity contribution is 5.61. The molecule has 8 nitrogen and oxygen atoms in total. The Kier molecular flexibility index (Phi) is 6.83. The van der Waals surface area contributed by atoms with Crippen molar-refractivity contribution in [1.82, 2.24) is 9.80 Å². The number of hydrogen-bond acceptors (Lipinski definition) is 8. The number of phenols is 3. The number of hydrogen-bond donors (Lipinski definition) is 3. The van der Waals surface area contributed by atoms with Gasteiger partial charge in [0.25, 0.3) is 0 Å². The zero-order valence-corrected chi connectivity index (χ0v) is 24.6. The second-order valence-corrected chi connectivity index (χ2v) is 11.9. The van der Waals surface area contributed by atoms with Crippen molar-refractivity contribution >= 4 is 0 Å². The van der Waals surface area contributed by atoms with Crippen LogP contribution in [0.1, 0.15) is 45.5 Å². The summed E-state index contributed by atoms with van der Waals surface area (Å²) in [5, 5.41) is 32.6.